The molecule has 1 aromatic carbocycles. The van der Waals surface area contributed by atoms with Crippen molar-refractivity contribution in [3.05, 3.63) is 41.5 Å². The highest BCUT2D eigenvalue weighted by Gasteiger charge is 2.14. The van der Waals surface area contributed by atoms with Gasteiger partial charge in [-0.3, -0.25) is 4.79 Å². The normalized spacial score (nSPS) is 10.9. The molecule has 2 rings (SSSR count). The average Bonchev–Trinajstić information content (AvgIpc) is 2.60. The van der Waals surface area contributed by atoms with Crippen molar-refractivity contribution >= 4 is 18.2 Å². The molecule has 0 aliphatic carbocycles. The summed E-state index contributed by atoms with van der Waals surface area (Å²) in [5, 5.41) is 0. The van der Waals surface area contributed by atoms with Gasteiger partial charge >= 0.3 is 0 Å². The van der Waals surface area contributed by atoms with E-state index in [4.69, 9.17) is 10.5 Å². The number of carbonyl (C=O) groups is 1. The molecule has 2 N–H and O–H groups in total. The van der Waals surface area contributed by atoms with E-state index in [0.29, 0.717) is 17.6 Å². The van der Waals surface area contributed by atoms with Crippen LogP contribution in [0.15, 0.2) is 24.5 Å². The Bertz CT molecular complexity index is 793. The smallest absolute Gasteiger partial charge is 0.179 e. The van der Waals surface area contributed by atoms with Gasteiger partial charge < -0.3 is 15.4 Å². The predicted molar refractivity (Wildman–Crippen MR) is 95.7 cm³/mol. The number of nitrogens with zero attached hydrogens (tertiary/aromatic N) is 3. The molecular weight excluding hydrogens is 323 g/mol. The molecule has 2 aromatic rings. The maximum absolute atomic E-state index is 14.4. The summed E-state index contributed by atoms with van der Waals surface area (Å²) in [5.74, 6) is -0.0309. The number of nitrogen functional groups attached to an aromatic ring is 1. The Morgan fingerprint density at radius 2 is 2.12 bits per heavy atom. The van der Waals surface area contributed by atoms with Crippen molar-refractivity contribution < 1.29 is 13.9 Å². The van der Waals surface area contributed by atoms with Gasteiger partial charge in [0.25, 0.3) is 0 Å². The molecule has 0 radical (unpaired) electrons. The molecule has 0 spiro atoms. The third-order valence-electron chi connectivity index (χ3n) is 3.63. The van der Waals surface area contributed by atoms with Gasteiger partial charge in [0.1, 0.15) is 5.82 Å². The molecule has 0 amide bonds. The van der Waals surface area contributed by atoms with Gasteiger partial charge in [-0.05, 0) is 36.4 Å². The molecule has 0 atom stereocenters. The van der Waals surface area contributed by atoms with Gasteiger partial charge in [-0.1, -0.05) is 6.92 Å². The van der Waals surface area contributed by atoms with Crippen LogP contribution in [0.5, 0.6) is 5.75 Å². The van der Waals surface area contributed by atoms with Crippen molar-refractivity contribution in [2.45, 2.75) is 13.3 Å². The van der Waals surface area contributed by atoms with Crippen LogP contribution in [0.1, 0.15) is 29.3 Å². The number of hydrogen-bond acceptors (Lipinski definition) is 6. The Hall–Kier alpha value is -2.96. The first-order chi connectivity index (χ1) is 12.0. The molecule has 0 bridgehead atoms. The van der Waals surface area contributed by atoms with E-state index < -0.39 is 5.82 Å². The largest absolute Gasteiger partial charge is 0.491 e. The molecule has 0 aliphatic heterocycles. The van der Waals surface area contributed by atoms with Crippen LogP contribution in [0.25, 0.3) is 17.5 Å². The number of hydrogen-bond donors (Lipinski definition) is 1. The summed E-state index contributed by atoms with van der Waals surface area (Å²) < 4.78 is 19.4. The molecule has 0 saturated heterocycles. The van der Waals surface area contributed by atoms with Crippen molar-refractivity contribution in [2.24, 2.45) is 0 Å². The number of anilines is 1. The first-order valence-corrected chi connectivity index (χ1v) is 7.84. The fraction of sp³-hybridized carbons (Fsp3) is 0.278. The van der Waals surface area contributed by atoms with E-state index in [0.717, 1.165) is 13.0 Å². The van der Waals surface area contributed by atoms with Crippen LogP contribution in [0.4, 0.5) is 10.2 Å². The van der Waals surface area contributed by atoms with Crippen LogP contribution >= 0.6 is 0 Å². The highest BCUT2D eigenvalue weighted by atomic mass is 19.1. The van der Waals surface area contributed by atoms with Gasteiger partial charge in [0.15, 0.2) is 23.7 Å². The summed E-state index contributed by atoms with van der Waals surface area (Å²) in [5.41, 5.74) is 6.76. The van der Waals surface area contributed by atoms with Crippen LogP contribution in [0.2, 0.25) is 0 Å². The van der Waals surface area contributed by atoms with E-state index in [1.807, 2.05) is 18.1 Å². The average molecular weight is 344 g/mol. The molecule has 6 nitrogen and oxygen atoms in total. The number of nitrogens with two attached hydrogens (primary N) is 1. The summed E-state index contributed by atoms with van der Waals surface area (Å²) in [7, 11) is 3.38. The minimum absolute atomic E-state index is 0.117. The third kappa shape index (κ3) is 4.32. The van der Waals surface area contributed by atoms with Gasteiger partial charge in [0, 0.05) is 19.2 Å². The molecule has 0 unspecified atom stereocenters. The summed E-state index contributed by atoms with van der Waals surface area (Å²) in [6, 6.07) is 2.71. The van der Waals surface area contributed by atoms with Crippen molar-refractivity contribution in [3.63, 3.8) is 0 Å². The standard InChI is InChI=1S/C18H21FN4O2/c1-4-6-23(2)7-5-12-8-14(15(19)9-13(12)11-24)18-21-10-16(25-3)17(20)22-18/h5,7-11H,4,6H2,1-3H3,(H2,20,21,22)/b7-5-. The lowest BCUT2D eigenvalue weighted by atomic mass is 10.0. The summed E-state index contributed by atoms with van der Waals surface area (Å²) >= 11 is 0. The lowest BCUT2D eigenvalue weighted by Gasteiger charge is -2.12. The number of ether oxygens (including phenoxy) is 1. The number of halogens is 1. The van der Waals surface area contributed by atoms with Gasteiger partial charge in [-0.15, -0.1) is 0 Å². The maximum Gasteiger partial charge on any atom is 0.179 e. The minimum Gasteiger partial charge on any atom is -0.491 e. The fourth-order valence-corrected chi connectivity index (χ4v) is 2.33. The highest BCUT2D eigenvalue weighted by Crippen LogP contribution is 2.27. The minimum atomic E-state index is -0.592. The Labute approximate surface area is 146 Å². The second-order valence-corrected chi connectivity index (χ2v) is 5.52. The molecule has 1 heterocycles. The number of aromatic nitrogens is 2. The molecule has 0 aliphatic rings. The molecule has 7 heteroatoms. The monoisotopic (exact) mass is 344 g/mol. The van der Waals surface area contributed by atoms with Gasteiger partial charge in [0.2, 0.25) is 0 Å². The van der Waals surface area contributed by atoms with E-state index in [2.05, 4.69) is 16.9 Å². The quantitative estimate of drug-likeness (QED) is 0.778. The molecule has 25 heavy (non-hydrogen) atoms. The Kier molecular flexibility index (Phi) is 6.05. The van der Waals surface area contributed by atoms with E-state index in [1.54, 1.807) is 6.08 Å². The molecule has 0 saturated carbocycles. The van der Waals surface area contributed by atoms with Gasteiger partial charge in [-0.2, -0.15) is 0 Å². The van der Waals surface area contributed by atoms with Crippen molar-refractivity contribution in [2.75, 3.05) is 26.4 Å². The Morgan fingerprint density at radius 3 is 2.72 bits per heavy atom. The number of carbonyl (C=O) groups excluding carboxylic acids is 1. The molecular formula is C18H21FN4O2. The van der Waals surface area contributed by atoms with Crippen LogP contribution in [-0.2, 0) is 0 Å². The molecule has 0 fully saturated rings. The molecule has 132 valence electrons. The van der Waals surface area contributed by atoms with E-state index in [-0.39, 0.29) is 22.8 Å². The second kappa shape index (κ2) is 8.23. The number of rotatable bonds is 7. The van der Waals surface area contributed by atoms with Gasteiger partial charge in [0.05, 0.1) is 18.9 Å². The zero-order valence-electron chi connectivity index (χ0n) is 14.5. The van der Waals surface area contributed by atoms with E-state index >= 15 is 0 Å². The summed E-state index contributed by atoms with van der Waals surface area (Å²) in [6.45, 7) is 2.95. The maximum atomic E-state index is 14.4. The van der Waals surface area contributed by atoms with Crippen LogP contribution in [-0.4, -0.2) is 41.9 Å². The first kappa shape index (κ1) is 18.4. The predicted octanol–water partition coefficient (Wildman–Crippen LogP) is 3.00. The molecule has 1 aromatic heterocycles. The number of aldehydes is 1. The highest BCUT2D eigenvalue weighted by molar-refractivity contribution is 5.84. The van der Waals surface area contributed by atoms with Crippen LogP contribution in [0.3, 0.4) is 0 Å². The lowest BCUT2D eigenvalue weighted by Crippen LogP contribution is -2.10. The van der Waals surface area contributed by atoms with Crippen LogP contribution < -0.4 is 10.5 Å². The van der Waals surface area contributed by atoms with Gasteiger partial charge in [-0.25, -0.2) is 14.4 Å². The Morgan fingerprint density at radius 1 is 1.36 bits per heavy atom. The van der Waals surface area contributed by atoms with Crippen molar-refractivity contribution in [1.82, 2.24) is 14.9 Å². The zero-order chi connectivity index (χ0) is 18.4. The van der Waals surface area contributed by atoms with E-state index in [1.165, 1.54) is 25.4 Å². The zero-order valence-corrected chi connectivity index (χ0v) is 14.5. The van der Waals surface area contributed by atoms with Crippen molar-refractivity contribution in [1.29, 1.82) is 0 Å². The van der Waals surface area contributed by atoms with Crippen LogP contribution in [0, 0.1) is 5.82 Å². The van der Waals surface area contributed by atoms with Crippen molar-refractivity contribution in [3.8, 4) is 17.1 Å². The lowest BCUT2D eigenvalue weighted by molar-refractivity contribution is 0.112. The first-order valence-electron chi connectivity index (χ1n) is 7.84. The SMILES string of the molecule is CCCN(C)/C=C\c1cc(-c2ncc(OC)c(N)n2)c(F)cc1C=O. The summed E-state index contributed by atoms with van der Waals surface area (Å²) in [4.78, 5) is 21.4. The number of methoxy groups -OCH3 is 1. The van der Waals surface area contributed by atoms with E-state index in [9.17, 15) is 9.18 Å². The third-order valence-corrected chi connectivity index (χ3v) is 3.63. The second-order valence-electron chi connectivity index (χ2n) is 5.52. The number of benzene rings is 1. The topological polar surface area (TPSA) is 81.3 Å². The fourth-order valence-electron chi connectivity index (χ4n) is 2.33. The summed E-state index contributed by atoms with van der Waals surface area (Å²) in [6.07, 6.45) is 6.60. The Balaban J connectivity index is 2.47.